The number of sulfonamides is 1. The van der Waals surface area contributed by atoms with E-state index in [-0.39, 0.29) is 41.8 Å². The summed E-state index contributed by atoms with van der Waals surface area (Å²) >= 11 is 6.61. The van der Waals surface area contributed by atoms with Crippen molar-refractivity contribution in [2.75, 3.05) is 25.0 Å². The molecule has 11 nitrogen and oxygen atoms in total. The molecule has 4 rings (SSSR count). The SMILES string of the molecule is CC(=O)Nc1ccc(S(=O)(=O)N2CCNC(=O)C2CC(=O)NC2CCOc3cc(C(N)C(C)(C)C)c(Cl)cc32)cc1. The third kappa shape index (κ3) is 6.83. The van der Waals surface area contributed by atoms with Gasteiger partial charge < -0.3 is 26.4 Å². The molecule has 5 N–H and O–H groups in total. The summed E-state index contributed by atoms with van der Waals surface area (Å²) in [7, 11) is -4.12. The van der Waals surface area contributed by atoms with Gasteiger partial charge in [-0.25, -0.2) is 8.42 Å². The van der Waals surface area contributed by atoms with Gasteiger partial charge in [-0.3, -0.25) is 14.4 Å². The molecular formula is C28H36ClN5O6S. The highest BCUT2D eigenvalue weighted by Gasteiger charge is 2.40. The number of rotatable bonds is 7. The van der Waals surface area contributed by atoms with Crippen LogP contribution >= 0.6 is 11.6 Å². The number of carbonyl (C=O) groups is 3. The number of nitrogens with zero attached hydrogens (tertiary/aromatic N) is 1. The van der Waals surface area contributed by atoms with Gasteiger partial charge in [0.05, 0.1) is 24.0 Å². The second-order valence-corrected chi connectivity index (χ2v) is 13.6. The van der Waals surface area contributed by atoms with Crippen LogP contribution in [-0.4, -0.2) is 56.2 Å². The molecule has 222 valence electrons. The predicted octanol–water partition coefficient (Wildman–Crippen LogP) is 2.86. The fourth-order valence-electron chi connectivity index (χ4n) is 4.93. The van der Waals surface area contributed by atoms with Crippen LogP contribution in [0.3, 0.4) is 0 Å². The van der Waals surface area contributed by atoms with Crippen molar-refractivity contribution in [2.24, 2.45) is 11.1 Å². The quantitative estimate of drug-likeness (QED) is 0.377. The van der Waals surface area contributed by atoms with Gasteiger partial charge in [-0.15, -0.1) is 0 Å². The molecule has 13 heteroatoms. The average Bonchev–Trinajstić information content (AvgIpc) is 2.89. The molecule has 2 aromatic rings. The summed E-state index contributed by atoms with van der Waals surface area (Å²) in [6.07, 6.45) is 0.0989. The Kier molecular flexibility index (Phi) is 8.98. The van der Waals surface area contributed by atoms with Gasteiger partial charge in [0.1, 0.15) is 11.8 Å². The van der Waals surface area contributed by atoms with Gasteiger partial charge >= 0.3 is 0 Å². The molecular weight excluding hydrogens is 570 g/mol. The van der Waals surface area contributed by atoms with E-state index in [9.17, 15) is 22.8 Å². The third-order valence-electron chi connectivity index (χ3n) is 7.21. The van der Waals surface area contributed by atoms with E-state index in [1.54, 1.807) is 6.07 Å². The van der Waals surface area contributed by atoms with Crippen molar-refractivity contribution in [1.82, 2.24) is 14.9 Å². The molecule has 41 heavy (non-hydrogen) atoms. The molecule has 0 aliphatic carbocycles. The van der Waals surface area contributed by atoms with Gasteiger partial charge in [-0.05, 0) is 47.4 Å². The number of halogens is 1. The zero-order chi connectivity index (χ0) is 30.1. The Bertz CT molecular complexity index is 1440. The molecule has 0 saturated carbocycles. The number of hydrogen-bond donors (Lipinski definition) is 4. The number of hydrogen-bond acceptors (Lipinski definition) is 7. The minimum Gasteiger partial charge on any atom is -0.493 e. The fraction of sp³-hybridized carbons (Fsp3) is 0.464. The first-order valence-electron chi connectivity index (χ1n) is 13.4. The molecule has 1 fully saturated rings. The number of piperazine rings is 1. The normalized spacial score (nSPS) is 20.3. The summed E-state index contributed by atoms with van der Waals surface area (Å²) in [6.45, 7) is 7.87. The van der Waals surface area contributed by atoms with Crippen molar-refractivity contribution in [3.8, 4) is 5.75 Å². The Morgan fingerprint density at radius 2 is 1.90 bits per heavy atom. The maximum Gasteiger partial charge on any atom is 0.243 e. The fourth-order valence-corrected chi connectivity index (χ4v) is 6.81. The van der Waals surface area contributed by atoms with Crippen LogP contribution in [-0.2, 0) is 24.4 Å². The van der Waals surface area contributed by atoms with E-state index < -0.39 is 33.9 Å². The molecule has 0 aromatic heterocycles. The van der Waals surface area contributed by atoms with E-state index in [1.165, 1.54) is 31.2 Å². The summed E-state index contributed by atoms with van der Waals surface area (Å²) in [5.41, 5.74) is 8.08. The molecule has 2 aliphatic heterocycles. The van der Waals surface area contributed by atoms with Gasteiger partial charge in [0.25, 0.3) is 0 Å². The summed E-state index contributed by atoms with van der Waals surface area (Å²) < 4.78 is 33.9. The Labute approximate surface area is 245 Å². The smallest absolute Gasteiger partial charge is 0.243 e. The number of anilines is 1. The van der Waals surface area contributed by atoms with E-state index in [2.05, 4.69) is 16.0 Å². The zero-order valence-electron chi connectivity index (χ0n) is 23.5. The predicted molar refractivity (Wildman–Crippen MR) is 155 cm³/mol. The van der Waals surface area contributed by atoms with Crippen molar-refractivity contribution >= 4 is 45.0 Å². The number of nitrogens with two attached hydrogens (primary N) is 1. The first kappa shape index (κ1) is 30.8. The van der Waals surface area contributed by atoms with Crippen LogP contribution in [0.5, 0.6) is 5.75 Å². The van der Waals surface area contributed by atoms with Gasteiger partial charge in [-0.2, -0.15) is 4.31 Å². The van der Waals surface area contributed by atoms with E-state index in [1.807, 2.05) is 26.8 Å². The van der Waals surface area contributed by atoms with Crippen LogP contribution in [0.4, 0.5) is 5.69 Å². The first-order chi connectivity index (χ1) is 19.2. The lowest BCUT2D eigenvalue weighted by Gasteiger charge is -2.34. The van der Waals surface area contributed by atoms with Crippen LogP contribution < -0.4 is 26.4 Å². The van der Waals surface area contributed by atoms with E-state index in [0.29, 0.717) is 35.1 Å². The van der Waals surface area contributed by atoms with Gasteiger partial charge in [-0.1, -0.05) is 32.4 Å². The molecule has 2 aliphatic rings. The second-order valence-electron chi connectivity index (χ2n) is 11.3. The largest absolute Gasteiger partial charge is 0.493 e. The molecule has 3 amide bonds. The number of nitrogens with one attached hydrogen (secondary N) is 3. The van der Waals surface area contributed by atoms with Crippen LogP contribution in [0.1, 0.15) is 63.7 Å². The standard InChI is InChI=1S/C28H36ClN5O6S/c1-16(35)32-17-5-7-18(8-6-17)41(38,39)34-11-10-31-27(37)23(34)15-25(36)33-22-9-12-40-24-14-19(21(29)13-20(22)24)26(30)28(2,3)4/h5-8,13-14,22-23,26H,9-12,15,30H2,1-4H3,(H,31,37)(H,32,35)(H,33,36). The van der Waals surface area contributed by atoms with Gasteiger partial charge in [0.15, 0.2) is 0 Å². The first-order valence-corrected chi connectivity index (χ1v) is 15.2. The highest BCUT2D eigenvalue weighted by molar-refractivity contribution is 7.89. The highest BCUT2D eigenvalue weighted by Crippen LogP contribution is 2.41. The van der Waals surface area contributed by atoms with E-state index in [0.717, 1.165) is 9.87 Å². The number of amides is 3. The lowest BCUT2D eigenvalue weighted by Crippen LogP contribution is -2.58. The van der Waals surface area contributed by atoms with Crippen molar-refractivity contribution in [2.45, 2.75) is 63.6 Å². The second kappa shape index (κ2) is 12.0. The maximum atomic E-state index is 13.5. The third-order valence-corrected chi connectivity index (χ3v) is 9.46. The maximum absolute atomic E-state index is 13.5. The average molecular weight is 606 g/mol. The monoisotopic (exact) mass is 605 g/mol. The number of benzene rings is 2. The molecule has 3 atom stereocenters. The van der Waals surface area contributed by atoms with Crippen LogP contribution in [0.2, 0.25) is 5.02 Å². The number of fused-ring (bicyclic) bond motifs is 1. The topological polar surface area (TPSA) is 160 Å². The highest BCUT2D eigenvalue weighted by atomic mass is 35.5. The Balaban J connectivity index is 1.52. The van der Waals surface area contributed by atoms with Gasteiger partial charge in [0.2, 0.25) is 27.7 Å². The van der Waals surface area contributed by atoms with Crippen LogP contribution in [0.15, 0.2) is 41.3 Å². The molecule has 0 radical (unpaired) electrons. The summed E-state index contributed by atoms with van der Waals surface area (Å²) in [5, 5.41) is 8.64. The van der Waals surface area contributed by atoms with Gasteiger partial charge in [0, 0.05) is 48.7 Å². The summed E-state index contributed by atoms with van der Waals surface area (Å²) in [5.74, 6) is -0.760. The number of ether oxygens (including phenoxy) is 1. The van der Waals surface area contributed by atoms with Crippen molar-refractivity contribution in [3.63, 3.8) is 0 Å². The molecule has 3 unspecified atom stereocenters. The Morgan fingerprint density at radius 1 is 1.22 bits per heavy atom. The Hall–Kier alpha value is -3.19. The van der Waals surface area contributed by atoms with Crippen molar-refractivity contribution < 1.29 is 27.5 Å². The molecule has 1 saturated heterocycles. The number of carbonyl (C=O) groups excluding carboxylic acids is 3. The minimum absolute atomic E-state index is 0.00594. The van der Waals surface area contributed by atoms with E-state index >= 15 is 0 Å². The summed E-state index contributed by atoms with van der Waals surface area (Å²) in [4.78, 5) is 37.3. The van der Waals surface area contributed by atoms with Crippen molar-refractivity contribution in [3.05, 3.63) is 52.5 Å². The lowest BCUT2D eigenvalue weighted by atomic mass is 9.82. The van der Waals surface area contributed by atoms with Crippen LogP contribution in [0.25, 0.3) is 0 Å². The molecule has 2 heterocycles. The van der Waals surface area contributed by atoms with Crippen molar-refractivity contribution in [1.29, 1.82) is 0 Å². The van der Waals surface area contributed by atoms with Crippen LogP contribution in [0, 0.1) is 5.41 Å². The molecule has 0 bridgehead atoms. The minimum atomic E-state index is -4.12. The lowest BCUT2D eigenvalue weighted by molar-refractivity contribution is -0.132. The molecule has 0 spiro atoms. The Morgan fingerprint density at radius 3 is 2.54 bits per heavy atom. The van der Waals surface area contributed by atoms with E-state index in [4.69, 9.17) is 22.1 Å². The molecule has 2 aromatic carbocycles. The summed E-state index contributed by atoms with van der Waals surface area (Å²) in [6, 6.07) is 7.18. The zero-order valence-corrected chi connectivity index (χ0v) is 25.1.